The maximum Gasteiger partial charge on any atom is 0.229 e. The van der Waals surface area contributed by atoms with Crippen molar-refractivity contribution < 1.29 is 4.79 Å². The second-order valence-electron chi connectivity index (χ2n) is 4.76. The second-order valence-corrected chi connectivity index (χ2v) is 6.11. The molecule has 3 nitrogen and oxygen atoms in total. The van der Waals surface area contributed by atoms with Gasteiger partial charge in [0.15, 0.2) is 0 Å². The summed E-state index contributed by atoms with van der Waals surface area (Å²) >= 11 is 8.30. The minimum absolute atomic E-state index is 0.0758. The Hall–Kier alpha value is -0.940. The molecule has 1 aromatic carbocycles. The molecule has 0 radical (unpaired) electrons. The molecule has 0 heterocycles. The van der Waals surface area contributed by atoms with Crippen LogP contribution in [-0.2, 0) is 4.79 Å². The average molecular weight is 315 g/mol. The molecule has 0 bridgehead atoms. The van der Waals surface area contributed by atoms with Crippen molar-refractivity contribution in [3.63, 3.8) is 0 Å². The van der Waals surface area contributed by atoms with Crippen LogP contribution < -0.4 is 11.1 Å². The van der Waals surface area contributed by atoms with Crippen LogP contribution in [0.4, 0.5) is 5.69 Å². The summed E-state index contributed by atoms with van der Waals surface area (Å²) in [7, 11) is 0. The molecule has 5 heteroatoms. The average Bonchev–Trinajstić information content (AvgIpc) is 2.15. The maximum absolute atomic E-state index is 11.9. The lowest BCUT2D eigenvalue weighted by Crippen LogP contribution is -2.28. The van der Waals surface area contributed by atoms with Crippen molar-refractivity contribution >= 4 is 44.7 Å². The first-order valence-electron chi connectivity index (χ1n) is 5.12. The van der Waals surface area contributed by atoms with Crippen LogP contribution in [0.2, 0.25) is 0 Å². The highest BCUT2D eigenvalue weighted by atomic mass is 79.9. The molecule has 0 saturated carbocycles. The third-order valence-electron chi connectivity index (χ3n) is 2.18. The lowest BCUT2D eigenvalue weighted by molar-refractivity contribution is -0.123. The summed E-state index contributed by atoms with van der Waals surface area (Å²) < 4.78 is 0.863. The van der Waals surface area contributed by atoms with Gasteiger partial charge in [-0.3, -0.25) is 4.79 Å². The molecule has 1 aromatic rings. The van der Waals surface area contributed by atoms with E-state index in [1.165, 1.54) is 0 Å². The van der Waals surface area contributed by atoms with E-state index in [0.29, 0.717) is 11.3 Å². The zero-order chi connectivity index (χ0) is 13.2. The minimum Gasteiger partial charge on any atom is -0.389 e. The number of carbonyl (C=O) groups is 1. The minimum atomic E-state index is -0.462. The summed E-state index contributed by atoms with van der Waals surface area (Å²) in [4.78, 5) is 12.2. The number of nitrogens with two attached hydrogens (primary N) is 1. The Labute approximate surface area is 115 Å². The Bertz CT molecular complexity index is 466. The number of hydrogen-bond acceptors (Lipinski definition) is 2. The van der Waals surface area contributed by atoms with Gasteiger partial charge in [0.05, 0.1) is 5.69 Å². The zero-order valence-corrected chi connectivity index (χ0v) is 12.4. The first kappa shape index (κ1) is 14.1. The van der Waals surface area contributed by atoms with E-state index in [1.807, 2.05) is 26.8 Å². The molecule has 0 fully saturated rings. The Balaban J connectivity index is 3.09. The summed E-state index contributed by atoms with van der Waals surface area (Å²) in [6, 6.07) is 5.41. The topological polar surface area (TPSA) is 55.1 Å². The molecule has 0 aliphatic rings. The monoisotopic (exact) mass is 314 g/mol. The van der Waals surface area contributed by atoms with E-state index < -0.39 is 5.41 Å². The standard InChI is InChI=1S/C12H15BrN2OS/c1-12(2,3)11(16)15-9-6-7(13)4-5-8(9)10(14)17/h4-6H,1-3H3,(H2,14,17)(H,15,16). The Morgan fingerprint density at radius 2 is 2.00 bits per heavy atom. The molecule has 92 valence electrons. The number of rotatable bonds is 2. The van der Waals surface area contributed by atoms with Gasteiger partial charge in [-0.15, -0.1) is 0 Å². The fraction of sp³-hybridized carbons (Fsp3) is 0.333. The smallest absolute Gasteiger partial charge is 0.229 e. The molecular formula is C12H15BrN2OS. The van der Waals surface area contributed by atoms with Gasteiger partial charge in [-0.25, -0.2) is 0 Å². The number of amides is 1. The number of benzene rings is 1. The highest BCUT2D eigenvalue weighted by molar-refractivity contribution is 9.10. The second kappa shape index (κ2) is 5.14. The van der Waals surface area contributed by atoms with Crippen LogP contribution >= 0.6 is 28.1 Å². The van der Waals surface area contributed by atoms with Crippen molar-refractivity contribution in [2.24, 2.45) is 11.1 Å². The summed E-state index contributed by atoms with van der Waals surface area (Å²) in [5.74, 6) is -0.0758. The maximum atomic E-state index is 11.9. The Kier molecular flexibility index (Phi) is 4.27. The third-order valence-corrected chi connectivity index (χ3v) is 2.89. The summed E-state index contributed by atoms with van der Waals surface area (Å²) in [6.07, 6.45) is 0. The highest BCUT2D eigenvalue weighted by Crippen LogP contribution is 2.24. The predicted molar refractivity (Wildman–Crippen MR) is 78.1 cm³/mol. The van der Waals surface area contributed by atoms with Crippen LogP contribution in [0.3, 0.4) is 0 Å². The lowest BCUT2D eigenvalue weighted by Gasteiger charge is -2.19. The van der Waals surface area contributed by atoms with Crippen molar-refractivity contribution in [1.82, 2.24) is 0 Å². The molecule has 0 spiro atoms. The van der Waals surface area contributed by atoms with Crippen LogP contribution in [0.25, 0.3) is 0 Å². The number of nitrogens with one attached hydrogen (secondary N) is 1. The van der Waals surface area contributed by atoms with Gasteiger partial charge in [0.25, 0.3) is 0 Å². The Morgan fingerprint density at radius 3 is 2.47 bits per heavy atom. The fourth-order valence-electron chi connectivity index (χ4n) is 1.14. The van der Waals surface area contributed by atoms with Crippen LogP contribution in [-0.4, -0.2) is 10.9 Å². The quantitative estimate of drug-likeness (QED) is 0.825. The first-order valence-corrected chi connectivity index (χ1v) is 6.33. The van der Waals surface area contributed by atoms with Gasteiger partial charge in [-0.2, -0.15) is 0 Å². The van der Waals surface area contributed by atoms with E-state index in [-0.39, 0.29) is 10.9 Å². The molecule has 0 saturated heterocycles. The molecule has 0 aliphatic carbocycles. The number of hydrogen-bond donors (Lipinski definition) is 2. The van der Waals surface area contributed by atoms with E-state index in [9.17, 15) is 4.79 Å². The lowest BCUT2D eigenvalue weighted by atomic mass is 9.95. The summed E-state index contributed by atoms with van der Waals surface area (Å²) in [5.41, 5.74) is 6.45. The molecule has 0 aromatic heterocycles. The molecule has 1 rings (SSSR count). The van der Waals surface area contributed by atoms with Gasteiger partial charge in [0.1, 0.15) is 4.99 Å². The van der Waals surface area contributed by atoms with E-state index in [0.717, 1.165) is 4.47 Å². The number of carbonyl (C=O) groups excluding carboxylic acids is 1. The van der Waals surface area contributed by atoms with Gasteiger partial charge < -0.3 is 11.1 Å². The SMILES string of the molecule is CC(C)(C)C(=O)Nc1cc(Br)ccc1C(N)=S. The summed E-state index contributed by atoms with van der Waals surface area (Å²) in [6.45, 7) is 5.54. The number of thiocarbonyl (C=S) groups is 1. The molecule has 0 aliphatic heterocycles. The van der Waals surface area contributed by atoms with Crippen molar-refractivity contribution in [3.8, 4) is 0 Å². The van der Waals surface area contributed by atoms with E-state index in [2.05, 4.69) is 21.2 Å². The molecule has 0 atom stereocenters. The van der Waals surface area contributed by atoms with Crippen molar-refractivity contribution in [2.45, 2.75) is 20.8 Å². The first-order chi connectivity index (χ1) is 7.71. The van der Waals surface area contributed by atoms with Gasteiger partial charge >= 0.3 is 0 Å². The van der Waals surface area contributed by atoms with Crippen LogP contribution in [0.15, 0.2) is 22.7 Å². The van der Waals surface area contributed by atoms with Crippen LogP contribution in [0.5, 0.6) is 0 Å². The molecular weight excluding hydrogens is 300 g/mol. The van der Waals surface area contributed by atoms with E-state index in [1.54, 1.807) is 12.1 Å². The molecule has 17 heavy (non-hydrogen) atoms. The highest BCUT2D eigenvalue weighted by Gasteiger charge is 2.22. The van der Waals surface area contributed by atoms with Crippen molar-refractivity contribution in [3.05, 3.63) is 28.2 Å². The van der Waals surface area contributed by atoms with Crippen molar-refractivity contribution in [1.29, 1.82) is 0 Å². The van der Waals surface area contributed by atoms with Gasteiger partial charge in [-0.1, -0.05) is 48.9 Å². The van der Waals surface area contributed by atoms with E-state index in [4.69, 9.17) is 18.0 Å². The van der Waals surface area contributed by atoms with Gasteiger partial charge in [-0.05, 0) is 18.2 Å². The largest absolute Gasteiger partial charge is 0.389 e. The van der Waals surface area contributed by atoms with Crippen LogP contribution in [0, 0.1) is 5.41 Å². The third kappa shape index (κ3) is 3.78. The van der Waals surface area contributed by atoms with E-state index >= 15 is 0 Å². The van der Waals surface area contributed by atoms with Gasteiger partial charge in [0.2, 0.25) is 5.91 Å². The predicted octanol–water partition coefficient (Wildman–Crippen LogP) is 3.07. The molecule has 1 amide bonds. The summed E-state index contributed by atoms with van der Waals surface area (Å²) in [5, 5.41) is 2.84. The fourth-order valence-corrected chi connectivity index (χ4v) is 1.68. The van der Waals surface area contributed by atoms with Gasteiger partial charge in [0, 0.05) is 15.5 Å². The number of anilines is 1. The normalized spacial score (nSPS) is 11.1. The van der Waals surface area contributed by atoms with Crippen molar-refractivity contribution in [2.75, 3.05) is 5.32 Å². The molecule has 3 N–H and O–H groups in total. The van der Waals surface area contributed by atoms with Crippen LogP contribution in [0.1, 0.15) is 26.3 Å². The number of halogens is 1. The zero-order valence-electron chi connectivity index (χ0n) is 10.0. The molecule has 0 unspecified atom stereocenters. The Morgan fingerprint density at radius 1 is 1.41 bits per heavy atom.